The fourth-order valence-electron chi connectivity index (χ4n) is 1.44. The molecular weight excluding hydrogens is 176 g/mol. The molecule has 0 aliphatic carbocycles. The van der Waals surface area contributed by atoms with E-state index >= 15 is 0 Å². The maximum Gasteiger partial charge on any atom is 0.137 e. The predicted molar refractivity (Wildman–Crippen MR) is 55.2 cm³/mol. The van der Waals surface area contributed by atoms with Crippen molar-refractivity contribution in [3.8, 4) is 17.1 Å². The van der Waals surface area contributed by atoms with Crippen LogP contribution in [-0.4, -0.2) is 5.11 Å². The van der Waals surface area contributed by atoms with E-state index in [0.29, 0.717) is 5.76 Å². The molecule has 72 valence electrons. The average Bonchev–Trinajstić information content (AvgIpc) is 2.70. The SMILES string of the molecule is CCc1ccc(-c2ccco2)c(O)c1. The summed E-state index contributed by atoms with van der Waals surface area (Å²) in [5.41, 5.74) is 1.87. The van der Waals surface area contributed by atoms with Gasteiger partial charge in [0.15, 0.2) is 0 Å². The van der Waals surface area contributed by atoms with Gasteiger partial charge in [0, 0.05) is 0 Å². The van der Waals surface area contributed by atoms with Crippen LogP contribution < -0.4 is 0 Å². The number of rotatable bonds is 2. The summed E-state index contributed by atoms with van der Waals surface area (Å²) in [7, 11) is 0. The van der Waals surface area contributed by atoms with E-state index in [1.54, 1.807) is 12.3 Å². The zero-order valence-electron chi connectivity index (χ0n) is 8.03. The molecule has 0 atom stereocenters. The minimum Gasteiger partial charge on any atom is -0.507 e. The Bertz CT molecular complexity index is 416. The number of furan rings is 1. The molecule has 2 rings (SSSR count). The molecule has 1 heterocycles. The highest BCUT2D eigenvalue weighted by Crippen LogP contribution is 2.30. The summed E-state index contributed by atoms with van der Waals surface area (Å²) in [4.78, 5) is 0. The normalized spacial score (nSPS) is 10.4. The Labute approximate surface area is 82.8 Å². The third-order valence-corrected chi connectivity index (χ3v) is 2.26. The summed E-state index contributed by atoms with van der Waals surface area (Å²) in [6.07, 6.45) is 2.52. The Morgan fingerprint density at radius 1 is 1.29 bits per heavy atom. The van der Waals surface area contributed by atoms with E-state index in [4.69, 9.17) is 4.42 Å². The van der Waals surface area contributed by atoms with E-state index < -0.39 is 0 Å². The van der Waals surface area contributed by atoms with Gasteiger partial charge >= 0.3 is 0 Å². The van der Waals surface area contributed by atoms with Crippen molar-refractivity contribution in [3.05, 3.63) is 42.2 Å². The van der Waals surface area contributed by atoms with Crippen molar-refractivity contribution in [1.82, 2.24) is 0 Å². The largest absolute Gasteiger partial charge is 0.507 e. The van der Waals surface area contributed by atoms with Crippen LogP contribution in [0.25, 0.3) is 11.3 Å². The van der Waals surface area contributed by atoms with Crippen molar-refractivity contribution in [2.75, 3.05) is 0 Å². The van der Waals surface area contributed by atoms with Crippen LogP contribution in [0.1, 0.15) is 12.5 Å². The van der Waals surface area contributed by atoms with Gasteiger partial charge in [-0.15, -0.1) is 0 Å². The van der Waals surface area contributed by atoms with E-state index in [1.165, 1.54) is 0 Å². The van der Waals surface area contributed by atoms with Crippen molar-refractivity contribution in [1.29, 1.82) is 0 Å². The third kappa shape index (κ3) is 1.51. The summed E-state index contributed by atoms with van der Waals surface area (Å²) < 4.78 is 5.21. The Kier molecular flexibility index (Phi) is 2.27. The molecule has 0 fully saturated rings. The van der Waals surface area contributed by atoms with E-state index in [-0.39, 0.29) is 5.75 Å². The van der Waals surface area contributed by atoms with Crippen LogP contribution in [-0.2, 0) is 6.42 Å². The predicted octanol–water partition coefficient (Wildman–Crippen LogP) is 3.21. The summed E-state index contributed by atoms with van der Waals surface area (Å²) in [5.74, 6) is 0.976. The van der Waals surface area contributed by atoms with Crippen LogP contribution in [0, 0.1) is 0 Å². The van der Waals surface area contributed by atoms with Crippen LogP contribution in [0.15, 0.2) is 41.0 Å². The second-order valence-corrected chi connectivity index (χ2v) is 3.18. The van der Waals surface area contributed by atoms with Crippen molar-refractivity contribution in [3.63, 3.8) is 0 Å². The molecule has 0 aliphatic heterocycles. The number of aromatic hydroxyl groups is 1. The first-order chi connectivity index (χ1) is 6.81. The molecule has 0 saturated carbocycles. The average molecular weight is 188 g/mol. The number of benzene rings is 1. The molecule has 0 radical (unpaired) electrons. The molecule has 0 saturated heterocycles. The Hall–Kier alpha value is -1.70. The molecule has 0 aliphatic rings. The third-order valence-electron chi connectivity index (χ3n) is 2.26. The fourth-order valence-corrected chi connectivity index (χ4v) is 1.44. The highest BCUT2D eigenvalue weighted by molar-refractivity contribution is 5.65. The van der Waals surface area contributed by atoms with Gasteiger partial charge in [-0.2, -0.15) is 0 Å². The quantitative estimate of drug-likeness (QED) is 0.785. The van der Waals surface area contributed by atoms with E-state index in [2.05, 4.69) is 6.92 Å². The smallest absolute Gasteiger partial charge is 0.137 e. The first kappa shape index (κ1) is 8.88. The Morgan fingerprint density at radius 2 is 2.14 bits per heavy atom. The standard InChI is InChI=1S/C12H12O2/c1-2-9-5-6-10(11(13)8-9)12-4-3-7-14-12/h3-8,13H,2H2,1H3. The van der Waals surface area contributed by atoms with Gasteiger partial charge in [-0.1, -0.05) is 13.0 Å². The van der Waals surface area contributed by atoms with Crippen molar-refractivity contribution < 1.29 is 9.52 Å². The minimum atomic E-state index is 0.277. The first-order valence-corrected chi connectivity index (χ1v) is 4.67. The number of hydrogen-bond acceptors (Lipinski definition) is 2. The molecule has 1 aromatic carbocycles. The van der Waals surface area contributed by atoms with Crippen molar-refractivity contribution in [2.45, 2.75) is 13.3 Å². The number of hydrogen-bond donors (Lipinski definition) is 1. The fraction of sp³-hybridized carbons (Fsp3) is 0.167. The molecule has 1 N–H and O–H groups in total. The lowest BCUT2D eigenvalue weighted by molar-refractivity contribution is 0.473. The highest BCUT2D eigenvalue weighted by atomic mass is 16.3. The molecule has 1 aromatic heterocycles. The van der Waals surface area contributed by atoms with E-state index in [0.717, 1.165) is 17.5 Å². The number of phenolic OH excluding ortho intramolecular Hbond substituents is 1. The van der Waals surface area contributed by atoms with Gasteiger partial charge in [-0.3, -0.25) is 0 Å². The van der Waals surface area contributed by atoms with Gasteiger partial charge in [-0.05, 0) is 36.2 Å². The molecule has 2 aromatic rings. The zero-order valence-corrected chi connectivity index (χ0v) is 8.03. The van der Waals surface area contributed by atoms with Gasteiger partial charge in [0.1, 0.15) is 11.5 Å². The van der Waals surface area contributed by atoms with Gasteiger partial charge in [0.2, 0.25) is 0 Å². The summed E-state index contributed by atoms with van der Waals surface area (Å²) in [6, 6.07) is 9.30. The van der Waals surface area contributed by atoms with E-state index in [9.17, 15) is 5.11 Å². The van der Waals surface area contributed by atoms with Crippen LogP contribution in [0.5, 0.6) is 5.75 Å². The van der Waals surface area contributed by atoms with Gasteiger partial charge in [0.25, 0.3) is 0 Å². The minimum absolute atomic E-state index is 0.277. The van der Waals surface area contributed by atoms with Crippen LogP contribution in [0.2, 0.25) is 0 Å². The molecule has 2 heteroatoms. The lowest BCUT2D eigenvalue weighted by Crippen LogP contribution is -1.81. The van der Waals surface area contributed by atoms with Crippen LogP contribution in [0.4, 0.5) is 0 Å². The monoisotopic (exact) mass is 188 g/mol. The Morgan fingerprint density at radius 3 is 2.71 bits per heavy atom. The van der Waals surface area contributed by atoms with Gasteiger partial charge in [-0.25, -0.2) is 0 Å². The molecule has 0 unspecified atom stereocenters. The first-order valence-electron chi connectivity index (χ1n) is 4.67. The molecule has 0 amide bonds. The molecular formula is C12H12O2. The van der Waals surface area contributed by atoms with Crippen LogP contribution in [0.3, 0.4) is 0 Å². The maximum atomic E-state index is 9.73. The van der Waals surface area contributed by atoms with E-state index in [1.807, 2.05) is 24.3 Å². The maximum absolute atomic E-state index is 9.73. The second-order valence-electron chi connectivity index (χ2n) is 3.18. The second kappa shape index (κ2) is 3.58. The number of phenols is 1. The summed E-state index contributed by atoms with van der Waals surface area (Å²) in [6.45, 7) is 2.06. The van der Waals surface area contributed by atoms with Gasteiger partial charge < -0.3 is 9.52 Å². The molecule has 0 bridgehead atoms. The zero-order chi connectivity index (χ0) is 9.97. The lowest BCUT2D eigenvalue weighted by atomic mass is 10.1. The summed E-state index contributed by atoms with van der Waals surface area (Å²) in [5, 5.41) is 9.73. The Balaban J connectivity index is 2.46. The van der Waals surface area contributed by atoms with Gasteiger partial charge in [0.05, 0.1) is 11.8 Å². The van der Waals surface area contributed by atoms with Crippen molar-refractivity contribution >= 4 is 0 Å². The topological polar surface area (TPSA) is 33.4 Å². The molecule has 14 heavy (non-hydrogen) atoms. The highest BCUT2D eigenvalue weighted by Gasteiger charge is 2.06. The lowest BCUT2D eigenvalue weighted by Gasteiger charge is -2.03. The number of aryl methyl sites for hydroxylation is 1. The molecule has 2 nitrogen and oxygen atoms in total. The van der Waals surface area contributed by atoms with Crippen LogP contribution >= 0.6 is 0 Å². The van der Waals surface area contributed by atoms with Crippen molar-refractivity contribution in [2.24, 2.45) is 0 Å². The molecule has 0 spiro atoms. The summed E-state index contributed by atoms with van der Waals surface area (Å²) >= 11 is 0.